The van der Waals surface area contributed by atoms with Crippen LogP contribution in [-0.2, 0) is 32.7 Å². The monoisotopic (exact) mass is 806 g/mol. The van der Waals surface area contributed by atoms with Gasteiger partial charge in [-0.15, -0.1) is 0 Å². The van der Waals surface area contributed by atoms with Crippen molar-refractivity contribution in [2.75, 3.05) is 26.4 Å². The van der Waals surface area contributed by atoms with E-state index in [0.717, 1.165) is 44.9 Å². The maximum Gasteiger partial charge on any atom is 0.472 e. The smallest absolute Gasteiger partial charge is 0.462 e. The molecule has 0 amide bonds. The average molecular weight is 807 g/mol. The van der Waals surface area contributed by atoms with Crippen LogP contribution in [0.15, 0.2) is 97.2 Å². The lowest BCUT2D eigenvalue weighted by Gasteiger charge is -2.20. The van der Waals surface area contributed by atoms with Gasteiger partial charge in [0, 0.05) is 12.8 Å². The standard InChI is InChI=1S/C44H71O11P/c1-3-5-7-9-11-12-13-14-15-16-17-18-22-26-30-34-43(48)52-38-42(39-54-56(50,51)53-37-41(47)36-45)55-44(49)35-31-27-23-20-19-21-25-29-33-40(46)32-28-24-10-8-6-4-2/h6,8,11-12,14-15,17-18,20-21,23-25,28-29,33,40-42,45-47H,3-5,7,9-10,13,16,19,22,26-27,30-32,34-39H2,1-2H3,(H,50,51)/b8-6-,12-11-,15-14-,18-17-,23-20-,25-21-,28-24-,33-29+/t40?,41-,42+/m0/s1. The van der Waals surface area contributed by atoms with Gasteiger partial charge in [0.25, 0.3) is 0 Å². The summed E-state index contributed by atoms with van der Waals surface area (Å²) in [6, 6.07) is 0. The first kappa shape index (κ1) is 52.9. The maximum absolute atomic E-state index is 12.6. The lowest BCUT2D eigenvalue weighted by molar-refractivity contribution is -0.161. The molecule has 11 nitrogen and oxygen atoms in total. The van der Waals surface area contributed by atoms with Crippen LogP contribution in [0, 0.1) is 0 Å². The molecule has 0 fully saturated rings. The van der Waals surface area contributed by atoms with Gasteiger partial charge >= 0.3 is 19.8 Å². The maximum atomic E-state index is 12.6. The molecule has 0 radical (unpaired) electrons. The molecule has 12 heteroatoms. The van der Waals surface area contributed by atoms with Crippen LogP contribution in [0.3, 0.4) is 0 Å². The van der Waals surface area contributed by atoms with Crippen molar-refractivity contribution >= 4 is 19.8 Å². The number of phosphoric acid groups is 1. The summed E-state index contributed by atoms with van der Waals surface area (Å²) in [5, 5.41) is 28.3. The van der Waals surface area contributed by atoms with Gasteiger partial charge in [-0.25, -0.2) is 4.57 Å². The zero-order chi connectivity index (χ0) is 41.4. The quantitative estimate of drug-likeness (QED) is 0.0156. The van der Waals surface area contributed by atoms with Crippen molar-refractivity contribution in [3.63, 3.8) is 0 Å². The Labute approximate surface area is 336 Å². The summed E-state index contributed by atoms with van der Waals surface area (Å²) in [6.45, 7) is 2.00. The Kier molecular flexibility index (Phi) is 36.5. The molecule has 2 unspecified atom stereocenters. The van der Waals surface area contributed by atoms with Crippen molar-refractivity contribution in [3.8, 4) is 0 Å². The Balaban J connectivity index is 4.60. The van der Waals surface area contributed by atoms with Crippen molar-refractivity contribution < 1.29 is 52.9 Å². The second kappa shape index (κ2) is 38.7. The molecular formula is C44H71O11P. The van der Waals surface area contributed by atoms with Crippen LogP contribution in [-0.4, -0.2) is 76.9 Å². The van der Waals surface area contributed by atoms with E-state index in [1.165, 1.54) is 19.3 Å². The molecule has 0 saturated carbocycles. The van der Waals surface area contributed by atoms with Gasteiger partial charge in [0.1, 0.15) is 12.7 Å². The second-order valence-corrected chi connectivity index (χ2v) is 14.6. The molecule has 0 rings (SSSR count). The molecule has 0 saturated heterocycles. The lowest BCUT2D eigenvalue weighted by Crippen LogP contribution is -2.29. The van der Waals surface area contributed by atoms with E-state index < -0.39 is 57.9 Å². The third-order valence-corrected chi connectivity index (χ3v) is 8.75. The van der Waals surface area contributed by atoms with Gasteiger partial charge in [-0.1, -0.05) is 124 Å². The Morgan fingerprint density at radius 1 is 0.625 bits per heavy atom. The number of phosphoric ester groups is 1. The minimum Gasteiger partial charge on any atom is -0.462 e. The average Bonchev–Trinajstić information content (AvgIpc) is 3.18. The summed E-state index contributed by atoms with van der Waals surface area (Å²) in [5.41, 5.74) is 0. The molecule has 0 aromatic carbocycles. The van der Waals surface area contributed by atoms with Crippen LogP contribution >= 0.6 is 7.82 Å². The van der Waals surface area contributed by atoms with E-state index >= 15 is 0 Å². The number of hydrogen-bond donors (Lipinski definition) is 4. The fourth-order valence-electron chi connectivity index (χ4n) is 4.65. The number of ether oxygens (including phenoxy) is 2. The molecular weight excluding hydrogens is 735 g/mol. The number of carbonyl (C=O) groups is 2. The number of rotatable bonds is 36. The summed E-state index contributed by atoms with van der Waals surface area (Å²) >= 11 is 0. The topological polar surface area (TPSA) is 169 Å². The highest BCUT2D eigenvalue weighted by atomic mass is 31.2. The van der Waals surface area contributed by atoms with Crippen molar-refractivity contribution in [1.82, 2.24) is 0 Å². The Bertz CT molecular complexity index is 1270. The van der Waals surface area contributed by atoms with E-state index in [0.29, 0.717) is 32.1 Å². The van der Waals surface area contributed by atoms with Crippen molar-refractivity contribution in [1.29, 1.82) is 0 Å². The Morgan fingerprint density at radius 2 is 1.18 bits per heavy atom. The third kappa shape index (κ3) is 37.8. The van der Waals surface area contributed by atoms with Gasteiger partial charge in [0.05, 0.1) is 25.9 Å². The van der Waals surface area contributed by atoms with Gasteiger partial charge in [0.2, 0.25) is 0 Å². The molecule has 0 aliphatic heterocycles. The number of unbranched alkanes of at least 4 members (excludes halogenated alkanes) is 6. The molecule has 0 aliphatic rings. The number of carbonyl (C=O) groups excluding carboxylic acids is 2. The van der Waals surface area contributed by atoms with Gasteiger partial charge in [0.15, 0.2) is 6.10 Å². The van der Waals surface area contributed by atoms with Crippen LogP contribution in [0.5, 0.6) is 0 Å². The number of hydrogen-bond acceptors (Lipinski definition) is 10. The largest absolute Gasteiger partial charge is 0.472 e. The third-order valence-electron chi connectivity index (χ3n) is 7.80. The molecule has 4 N–H and O–H groups in total. The SMILES string of the molecule is CC/C=C\C/C=C\CC(O)/C=C/C=C\C/C=C\CCCC(=O)O[C@H](COC(=O)CCCC/C=C\C/C=C\C/C=C\CCCCC)COP(=O)(O)OC[C@@H](O)CO. The second-order valence-electron chi connectivity index (χ2n) is 13.1. The summed E-state index contributed by atoms with van der Waals surface area (Å²) in [4.78, 5) is 34.9. The van der Waals surface area contributed by atoms with E-state index in [1.54, 1.807) is 6.08 Å². The van der Waals surface area contributed by atoms with Gasteiger partial charge in [-0.05, 0) is 83.5 Å². The minimum atomic E-state index is -4.66. The summed E-state index contributed by atoms with van der Waals surface area (Å²) in [5.74, 6) is -1.09. The van der Waals surface area contributed by atoms with Gasteiger partial charge in [-0.3, -0.25) is 18.6 Å². The van der Waals surface area contributed by atoms with Crippen molar-refractivity contribution in [2.45, 2.75) is 141 Å². The fourth-order valence-corrected chi connectivity index (χ4v) is 5.44. The van der Waals surface area contributed by atoms with Gasteiger partial charge in [-0.2, -0.15) is 0 Å². The van der Waals surface area contributed by atoms with E-state index in [4.69, 9.17) is 19.1 Å². The van der Waals surface area contributed by atoms with Crippen LogP contribution in [0.2, 0.25) is 0 Å². The van der Waals surface area contributed by atoms with Crippen molar-refractivity contribution in [2.24, 2.45) is 0 Å². The zero-order valence-corrected chi connectivity index (χ0v) is 34.8. The first-order valence-electron chi connectivity index (χ1n) is 20.3. The minimum absolute atomic E-state index is 0.0596. The fraction of sp³-hybridized carbons (Fsp3) is 0.591. The van der Waals surface area contributed by atoms with Gasteiger partial charge < -0.3 is 29.7 Å². The van der Waals surface area contributed by atoms with E-state index in [-0.39, 0.29) is 19.4 Å². The number of aliphatic hydroxyl groups excluding tert-OH is 3. The number of aliphatic hydroxyl groups is 3. The summed E-state index contributed by atoms with van der Waals surface area (Å²) in [7, 11) is -4.66. The van der Waals surface area contributed by atoms with E-state index in [2.05, 4.69) is 67.0 Å². The molecule has 0 aromatic heterocycles. The number of esters is 2. The zero-order valence-electron chi connectivity index (χ0n) is 33.9. The summed E-state index contributed by atoms with van der Waals surface area (Å²) in [6.07, 6.45) is 42.7. The molecule has 0 heterocycles. The van der Waals surface area contributed by atoms with Crippen LogP contribution < -0.4 is 0 Å². The highest BCUT2D eigenvalue weighted by Gasteiger charge is 2.27. The van der Waals surface area contributed by atoms with Crippen molar-refractivity contribution in [3.05, 3.63) is 97.2 Å². The molecule has 0 aliphatic carbocycles. The lowest BCUT2D eigenvalue weighted by atomic mass is 10.1. The highest BCUT2D eigenvalue weighted by Crippen LogP contribution is 2.43. The van der Waals surface area contributed by atoms with Crippen LogP contribution in [0.4, 0.5) is 0 Å². The molecule has 318 valence electrons. The normalized spacial score (nSPS) is 15.5. The molecule has 0 spiro atoms. The predicted molar refractivity (Wildman–Crippen MR) is 225 cm³/mol. The summed E-state index contributed by atoms with van der Waals surface area (Å²) < 4.78 is 32.5. The first-order valence-corrected chi connectivity index (χ1v) is 21.8. The first-order chi connectivity index (χ1) is 27.1. The highest BCUT2D eigenvalue weighted by molar-refractivity contribution is 7.47. The van der Waals surface area contributed by atoms with Crippen LogP contribution in [0.25, 0.3) is 0 Å². The Morgan fingerprint density at radius 3 is 1.82 bits per heavy atom. The molecule has 4 atom stereocenters. The number of allylic oxidation sites excluding steroid dienone is 14. The predicted octanol–water partition coefficient (Wildman–Crippen LogP) is 9.41. The molecule has 0 bridgehead atoms. The Hall–Kier alpha value is -3.15. The van der Waals surface area contributed by atoms with E-state index in [1.807, 2.05) is 42.5 Å². The molecule has 56 heavy (non-hydrogen) atoms. The van der Waals surface area contributed by atoms with E-state index in [9.17, 15) is 29.3 Å². The molecule has 0 aromatic rings. The van der Waals surface area contributed by atoms with Crippen LogP contribution in [0.1, 0.15) is 123 Å².